The number of ether oxygens (including phenoxy) is 1. The van der Waals surface area contributed by atoms with Crippen LogP contribution >= 0.6 is 0 Å². The standard InChI is InChI=1S/C27H30N2O5/c1-25(2)14-27(24(33)34-6,15-26(3,4)29(25)5)28-23(32)16-11-12-19-20(13-16)22(31)18-10-8-7-9-17(18)21(19)30/h7-13H,14-15H2,1-6H3,(H,28,32). The molecule has 0 saturated carbocycles. The highest BCUT2D eigenvalue weighted by atomic mass is 16.5. The Balaban J connectivity index is 1.71. The van der Waals surface area contributed by atoms with Crippen molar-refractivity contribution in [2.75, 3.05) is 14.2 Å². The summed E-state index contributed by atoms with van der Waals surface area (Å²) in [4.78, 5) is 54.6. The van der Waals surface area contributed by atoms with Crippen molar-refractivity contribution in [1.29, 1.82) is 0 Å². The number of amides is 1. The van der Waals surface area contributed by atoms with E-state index in [1.54, 1.807) is 24.3 Å². The Morgan fingerprint density at radius 3 is 1.88 bits per heavy atom. The van der Waals surface area contributed by atoms with Gasteiger partial charge >= 0.3 is 5.97 Å². The molecule has 1 aliphatic heterocycles. The van der Waals surface area contributed by atoms with E-state index >= 15 is 0 Å². The van der Waals surface area contributed by atoms with Crippen LogP contribution in [-0.2, 0) is 9.53 Å². The molecule has 1 fully saturated rings. The average Bonchev–Trinajstić information content (AvgIpc) is 2.79. The van der Waals surface area contributed by atoms with Crippen molar-refractivity contribution >= 4 is 23.4 Å². The van der Waals surface area contributed by atoms with Gasteiger partial charge < -0.3 is 10.1 Å². The predicted molar refractivity (Wildman–Crippen MR) is 127 cm³/mol. The molecule has 0 atom stereocenters. The number of piperidine rings is 1. The molecule has 1 saturated heterocycles. The van der Waals surface area contributed by atoms with Gasteiger partial charge in [-0.2, -0.15) is 0 Å². The molecule has 0 bridgehead atoms. The zero-order valence-corrected chi connectivity index (χ0v) is 20.4. The van der Waals surface area contributed by atoms with Gasteiger partial charge in [-0.15, -0.1) is 0 Å². The van der Waals surface area contributed by atoms with Crippen molar-refractivity contribution in [2.45, 2.75) is 57.2 Å². The Bertz CT molecular complexity index is 1210. The van der Waals surface area contributed by atoms with Gasteiger partial charge in [0.05, 0.1) is 7.11 Å². The number of likely N-dealkylation sites (tertiary alicyclic amines) is 1. The Morgan fingerprint density at radius 1 is 0.853 bits per heavy atom. The molecule has 7 heteroatoms. The number of rotatable bonds is 3. The normalized spacial score (nSPS) is 20.2. The van der Waals surface area contributed by atoms with Crippen LogP contribution in [0.5, 0.6) is 0 Å². The van der Waals surface area contributed by atoms with Crippen molar-refractivity contribution in [1.82, 2.24) is 10.2 Å². The van der Waals surface area contributed by atoms with Gasteiger partial charge in [0.2, 0.25) is 0 Å². The maximum Gasteiger partial charge on any atom is 0.331 e. The molecule has 2 aromatic carbocycles. The summed E-state index contributed by atoms with van der Waals surface area (Å²) in [6.45, 7) is 8.10. The molecule has 0 unspecified atom stereocenters. The molecule has 0 radical (unpaired) electrons. The Labute approximate surface area is 199 Å². The monoisotopic (exact) mass is 462 g/mol. The molecule has 1 amide bonds. The lowest BCUT2D eigenvalue weighted by Gasteiger charge is -2.57. The summed E-state index contributed by atoms with van der Waals surface area (Å²) >= 11 is 0. The van der Waals surface area contributed by atoms with E-state index in [0.29, 0.717) is 24.0 Å². The number of nitrogens with zero attached hydrogens (tertiary/aromatic N) is 1. The Kier molecular flexibility index (Phi) is 5.52. The Hall–Kier alpha value is -3.32. The van der Waals surface area contributed by atoms with Crippen molar-refractivity contribution in [3.05, 3.63) is 70.3 Å². The summed E-state index contributed by atoms with van der Waals surface area (Å²) < 4.78 is 5.14. The molecule has 1 heterocycles. The smallest absolute Gasteiger partial charge is 0.331 e. The minimum absolute atomic E-state index is 0.188. The first-order chi connectivity index (χ1) is 15.8. The second kappa shape index (κ2) is 7.87. The number of nitrogens with one attached hydrogen (secondary N) is 1. The van der Waals surface area contributed by atoms with Gasteiger partial charge in [-0.1, -0.05) is 24.3 Å². The van der Waals surface area contributed by atoms with Gasteiger partial charge in [0.1, 0.15) is 5.54 Å². The van der Waals surface area contributed by atoms with Gasteiger partial charge in [-0.05, 0) is 65.8 Å². The van der Waals surface area contributed by atoms with Crippen molar-refractivity contribution in [2.24, 2.45) is 0 Å². The number of carbonyl (C=O) groups is 4. The molecule has 2 aromatic rings. The fraction of sp³-hybridized carbons (Fsp3) is 0.407. The molecule has 1 N–H and O–H groups in total. The summed E-state index contributed by atoms with van der Waals surface area (Å²) in [7, 11) is 3.32. The van der Waals surface area contributed by atoms with Gasteiger partial charge in [0.15, 0.2) is 11.6 Å². The van der Waals surface area contributed by atoms with E-state index in [1.807, 2.05) is 34.7 Å². The first-order valence-electron chi connectivity index (χ1n) is 11.3. The molecule has 1 aliphatic carbocycles. The van der Waals surface area contributed by atoms with Crippen LogP contribution in [0.3, 0.4) is 0 Å². The third-order valence-corrected chi connectivity index (χ3v) is 7.40. The van der Waals surface area contributed by atoms with Crippen LogP contribution in [0.15, 0.2) is 42.5 Å². The molecule has 0 aromatic heterocycles. The van der Waals surface area contributed by atoms with Crippen LogP contribution in [0.1, 0.15) is 82.7 Å². The van der Waals surface area contributed by atoms with E-state index < -0.39 is 28.5 Å². The maximum absolute atomic E-state index is 13.4. The third-order valence-electron chi connectivity index (χ3n) is 7.40. The van der Waals surface area contributed by atoms with Crippen LogP contribution in [0, 0.1) is 0 Å². The summed E-state index contributed by atoms with van der Waals surface area (Å²) in [5, 5.41) is 2.95. The fourth-order valence-electron chi connectivity index (χ4n) is 5.61. The van der Waals surface area contributed by atoms with Crippen LogP contribution in [0.4, 0.5) is 0 Å². The molecule has 0 spiro atoms. The van der Waals surface area contributed by atoms with Crippen LogP contribution in [-0.4, -0.2) is 59.1 Å². The Morgan fingerprint density at radius 2 is 1.35 bits per heavy atom. The number of carbonyl (C=O) groups excluding carboxylic acids is 4. The quantitative estimate of drug-likeness (QED) is 0.600. The lowest BCUT2D eigenvalue weighted by molar-refractivity contribution is -0.157. The predicted octanol–water partition coefficient (Wildman–Crippen LogP) is 3.39. The molecule has 178 valence electrons. The van der Waals surface area contributed by atoms with Crippen LogP contribution < -0.4 is 5.32 Å². The lowest BCUT2D eigenvalue weighted by atomic mass is 9.69. The molecule has 7 nitrogen and oxygen atoms in total. The number of benzene rings is 2. The fourth-order valence-corrected chi connectivity index (χ4v) is 5.61. The number of methoxy groups -OCH3 is 1. The zero-order chi connectivity index (χ0) is 25.1. The molecule has 4 rings (SSSR count). The van der Waals surface area contributed by atoms with Crippen LogP contribution in [0.25, 0.3) is 0 Å². The largest absolute Gasteiger partial charge is 0.467 e. The van der Waals surface area contributed by atoms with Gasteiger partial charge in [-0.3, -0.25) is 19.3 Å². The number of fused-ring (bicyclic) bond motifs is 2. The zero-order valence-electron chi connectivity index (χ0n) is 20.4. The second-order valence-corrected chi connectivity index (χ2v) is 10.5. The summed E-state index contributed by atoms with van der Waals surface area (Å²) in [5.74, 6) is -1.55. The van der Waals surface area contributed by atoms with Crippen molar-refractivity contribution < 1.29 is 23.9 Å². The topological polar surface area (TPSA) is 92.8 Å². The lowest BCUT2D eigenvalue weighted by Crippen LogP contribution is -2.71. The van der Waals surface area contributed by atoms with Crippen LogP contribution in [0.2, 0.25) is 0 Å². The maximum atomic E-state index is 13.4. The van der Waals surface area contributed by atoms with Crippen molar-refractivity contribution in [3.8, 4) is 0 Å². The highest BCUT2D eigenvalue weighted by molar-refractivity contribution is 6.28. The van der Waals surface area contributed by atoms with E-state index in [9.17, 15) is 19.2 Å². The molecule has 34 heavy (non-hydrogen) atoms. The summed E-state index contributed by atoms with van der Waals surface area (Å²) in [6, 6.07) is 11.1. The number of hydrogen-bond acceptors (Lipinski definition) is 6. The number of hydrogen-bond donors (Lipinski definition) is 1. The van der Waals surface area contributed by atoms with E-state index in [1.165, 1.54) is 25.3 Å². The highest BCUT2D eigenvalue weighted by Gasteiger charge is 2.56. The SMILES string of the molecule is COC(=O)C1(NC(=O)c2ccc3c(c2)C(=O)c2ccccc2C3=O)CC(C)(C)N(C)C(C)(C)C1. The van der Waals surface area contributed by atoms with E-state index in [-0.39, 0.29) is 28.3 Å². The van der Waals surface area contributed by atoms with E-state index in [4.69, 9.17) is 4.74 Å². The summed E-state index contributed by atoms with van der Waals surface area (Å²) in [5.41, 5.74) is -0.696. The minimum atomic E-state index is -1.24. The minimum Gasteiger partial charge on any atom is -0.467 e. The van der Waals surface area contributed by atoms with E-state index in [0.717, 1.165) is 0 Å². The van der Waals surface area contributed by atoms with Gasteiger partial charge in [-0.25, -0.2) is 4.79 Å². The molecule has 2 aliphatic rings. The molecular weight excluding hydrogens is 432 g/mol. The molecular formula is C27H30N2O5. The van der Waals surface area contributed by atoms with Crippen molar-refractivity contribution in [3.63, 3.8) is 0 Å². The highest BCUT2D eigenvalue weighted by Crippen LogP contribution is 2.43. The first kappa shape index (κ1) is 23.8. The van der Waals surface area contributed by atoms with Gasteiger partial charge in [0.25, 0.3) is 5.91 Å². The first-order valence-corrected chi connectivity index (χ1v) is 11.3. The third kappa shape index (κ3) is 3.64. The van der Waals surface area contributed by atoms with E-state index in [2.05, 4.69) is 10.2 Å². The second-order valence-electron chi connectivity index (χ2n) is 10.5. The number of esters is 1. The average molecular weight is 463 g/mol. The number of ketones is 2. The summed E-state index contributed by atoms with van der Waals surface area (Å²) in [6.07, 6.45) is 0.710. The van der Waals surface area contributed by atoms with Gasteiger partial charge in [0, 0.05) is 38.9 Å².